The van der Waals surface area contributed by atoms with Crippen LogP contribution in [0.1, 0.15) is 42.5 Å². The van der Waals surface area contributed by atoms with Crippen molar-refractivity contribution in [3.63, 3.8) is 0 Å². The summed E-state index contributed by atoms with van der Waals surface area (Å²) in [4.78, 5) is 12.7. The maximum Gasteiger partial charge on any atom is 0.416 e. The molecule has 0 aromatic heterocycles. The molecule has 1 unspecified atom stereocenters. The normalized spacial score (nSPS) is 18.0. The molecular weight excluding hydrogens is 413 g/mol. The molecule has 3 atom stereocenters. The molecule has 1 amide bonds. The molecule has 0 fully saturated rings. The largest absolute Gasteiger partial charge is 0.416 e. The van der Waals surface area contributed by atoms with Crippen molar-refractivity contribution in [3.8, 4) is 0 Å². The topological polar surface area (TPSA) is 41.1 Å². The Bertz CT molecular complexity index is 949. The fourth-order valence-corrected chi connectivity index (χ4v) is 4.08. The molecule has 0 aliphatic heterocycles. The monoisotopic (exact) mass is 442 g/mol. The van der Waals surface area contributed by atoms with Crippen LogP contribution < -0.4 is 10.6 Å². The van der Waals surface area contributed by atoms with Gasteiger partial charge in [-0.25, -0.2) is 0 Å². The van der Waals surface area contributed by atoms with Gasteiger partial charge in [0.1, 0.15) is 6.04 Å². The van der Waals surface area contributed by atoms with Crippen LogP contribution in [0.15, 0.2) is 78.4 Å². The third kappa shape index (κ3) is 6.33. The Morgan fingerprint density at radius 2 is 1.78 bits per heavy atom. The zero-order valence-electron chi connectivity index (χ0n) is 18.3. The zero-order chi connectivity index (χ0) is 23.1. The molecule has 0 radical (unpaired) electrons. The standard InChI is InChI=1S/C26H29F3N2O/c1-18-7-6-10-21(17-18)23(16-13-19-11-14-22(15-12-19)26(27,28)29)31-24(25(32)30-2)20-8-4-3-5-9-20/h3-12,14-15,21,23-24,31H,13,16-17H2,1-2H3,(H,30,32)/t21?,23-,24-/m1/s1. The maximum atomic E-state index is 12.9. The summed E-state index contributed by atoms with van der Waals surface area (Å²) in [5, 5.41) is 6.28. The van der Waals surface area contributed by atoms with Gasteiger partial charge in [-0.1, -0.05) is 66.3 Å². The molecule has 2 N–H and O–H groups in total. The SMILES string of the molecule is CNC(=O)[C@H](N[C@H](CCc1ccc(C(F)(F)F)cc1)C1C=CC=C(C)C1)c1ccccc1. The lowest BCUT2D eigenvalue weighted by Crippen LogP contribution is -2.44. The highest BCUT2D eigenvalue weighted by Gasteiger charge is 2.30. The lowest BCUT2D eigenvalue weighted by atomic mass is 9.85. The molecule has 0 heterocycles. The third-order valence-corrected chi connectivity index (χ3v) is 5.86. The van der Waals surface area contributed by atoms with E-state index in [0.717, 1.165) is 29.7 Å². The van der Waals surface area contributed by atoms with Crippen LogP contribution in [0, 0.1) is 5.92 Å². The molecule has 3 nitrogen and oxygen atoms in total. The van der Waals surface area contributed by atoms with E-state index in [-0.39, 0.29) is 17.9 Å². The summed E-state index contributed by atoms with van der Waals surface area (Å²) in [6.45, 7) is 2.08. The summed E-state index contributed by atoms with van der Waals surface area (Å²) in [6, 6.07) is 14.3. The van der Waals surface area contributed by atoms with Gasteiger partial charge in [0.2, 0.25) is 5.91 Å². The highest BCUT2D eigenvalue weighted by molar-refractivity contribution is 5.82. The Kier molecular flexibility index (Phi) is 7.91. The number of benzene rings is 2. The summed E-state index contributed by atoms with van der Waals surface area (Å²) >= 11 is 0. The number of carbonyl (C=O) groups is 1. The van der Waals surface area contributed by atoms with Gasteiger partial charge in [0.05, 0.1) is 5.56 Å². The number of rotatable bonds is 8. The highest BCUT2D eigenvalue weighted by Crippen LogP contribution is 2.30. The Labute approximate surface area is 187 Å². The molecule has 0 saturated carbocycles. The average molecular weight is 443 g/mol. The maximum absolute atomic E-state index is 12.9. The highest BCUT2D eigenvalue weighted by atomic mass is 19.4. The van der Waals surface area contributed by atoms with Crippen molar-refractivity contribution in [2.24, 2.45) is 5.92 Å². The van der Waals surface area contributed by atoms with Gasteiger partial charge in [0.25, 0.3) is 0 Å². The number of aryl methyl sites for hydroxylation is 1. The Hall–Kier alpha value is -2.86. The van der Waals surface area contributed by atoms with Gasteiger partial charge < -0.3 is 5.32 Å². The molecule has 2 aromatic carbocycles. The van der Waals surface area contributed by atoms with E-state index in [1.54, 1.807) is 7.05 Å². The zero-order valence-corrected chi connectivity index (χ0v) is 18.3. The fourth-order valence-electron chi connectivity index (χ4n) is 4.08. The quantitative estimate of drug-likeness (QED) is 0.558. The number of nitrogens with one attached hydrogen (secondary N) is 2. The molecule has 2 aromatic rings. The molecule has 1 aliphatic carbocycles. The Morgan fingerprint density at radius 1 is 1.09 bits per heavy atom. The van der Waals surface area contributed by atoms with E-state index in [4.69, 9.17) is 0 Å². The Balaban J connectivity index is 1.79. The van der Waals surface area contributed by atoms with E-state index in [1.165, 1.54) is 17.7 Å². The number of carbonyl (C=O) groups excluding carboxylic acids is 1. The van der Waals surface area contributed by atoms with Crippen molar-refractivity contribution < 1.29 is 18.0 Å². The molecule has 32 heavy (non-hydrogen) atoms. The van der Waals surface area contributed by atoms with Crippen LogP contribution in [0.4, 0.5) is 13.2 Å². The molecular formula is C26H29F3N2O. The molecule has 6 heteroatoms. The van der Waals surface area contributed by atoms with Crippen molar-refractivity contribution in [2.75, 3.05) is 7.05 Å². The summed E-state index contributed by atoms with van der Waals surface area (Å²) in [5.74, 6) is 0.0631. The summed E-state index contributed by atoms with van der Waals surface area (Å²) in [6.07, 6.45) is 4.09. The van der Waals surface area contributed by atoms with Crippen LogP contribution in [-0.2, 0) is 17.4 Å². The predicted octanol–water partition coefficient (Wildman–Crippen LogP) is 5.61. The van der Waals surface area contributed by atoms with E-state index in [9.17, 15) is 18.0 Å². The van der Waals surface area contributed by atoms with Crippen LogP contribution >= 0.6 is 0 Å². The van der Waals surface area contributed by atoms with Crippen molar-refractivity contribution in [2.45, 2.75) is 44.4 Å². The first kappa shape index (κ1) is 23.8. The van der Waals surface area contributed by atoms with E-state index in [2.05, 4.69) is 29.7 Å². The summed E-state index contributed by atoms with van der Waals surface area (Å²) < 4.78 is 38.6. The number of allylic oxidation sites excluding steroid dienone is 3. The van der Waals surface area contributed by atoms with Crippen LogP contribution in [0.2, 0.25) is 0 Å². The first-order chi connectivity index (χ1) is 15.3. The van der Waals surface area contributed by atoms with Crippen LogP contribution in [0.25, 0.3) is 0 Å². The molecule has 1 aliphatic rings. The van der Waals surface area contributed by atoms with Gasteiger partial charge in [-0.3, -0.25) is 10.1 Å². The molecule has 0 bridgehead atoms. The van der Waals surface area contributed by atoms with Gasteiger partial charge in [0.15, 0.2) is 0 Å². The Morgan fingerprint density at radius 3 is 2.38 bits per heavy atom. The van der Waals surface area contributed by atoms with Crippen molar-refractivity contribution >= 4 is 5.91 Å². The van der Waals surface area contributed by atoms with Gasteiger partial charge >= 0.3 is 6.18 Å². The second kappa shape index (κ2) is 10.6. The van der Waals surface area contributed by atoms with Crippen molar-refractivity contribution in [1.29, 1.82) is 0 Å². The molecule has 0 spiro atoms. The molecule has 3 rings (SSSR count). The van der Waals surface area contributed by atoms with Crippen LogP contribution in [0.3, 0.4) is 0 Å². The van der Waals surface area contributed by atoms with E-state index < -0.39 is 17.8 Å². The number of halogens is 3. The number of hydrogen-bond acceptors (Lipinski definition) is 2. The van der Waals surface area contributed by atoms with E-state index >= 15 is 0 Å². The number of likely N-dealkylation sites (N-methyl/N-ethyl adjacent to an activating group) is 1. The second-order valence-electron chi connectivity index (χ2n) is 8.23. The average Bonchev–Trinajstić information content (AvgIpc) is 2.79. The minimum atomic E-state index is -4.34. The van der Waals surface area contributed by atoms with Crippen molar-refractivity contribution in [1.82, 2.24) is 10.6 Å². The minimum Gasteiger partial charge on any atom is -0.358 e. The fraction of sp³-hybridized carbons (Fsp3) is 0.346. The van der Waals surface area contributed by atoms with Crippen molar-refractivity contribution in [3.05, 3.63) is 95.1 Å². The lowest BCUT2D eigenvalue weighted by molar-refractivity contribution is -0.137. The lowest BCUT2D eigenvalue weighted by Gasteiger charge is -2.31. The van der Waals surface area contributed by atoms with Gasteiger partial charge in [-0.2, -0.15) is 13.2 Å². The number of alkyl halides is 3. The summed E-state index contributed by atoms with van der Waals surface area (Å²) in [7, 11) is 1.62. The first-order valence-corrected chi connectivity index (χ1v) is 10.8. The van der Waals surface area contributed by atoms with E-state index in [1.807, 2.05) is 36.4 Å². The van der Waals surface area contributed by atoms with Crippen LogP contribution in [-0.4, -0.2) is 19.0 Å². The minimum absolute atomic E-state index is 0.0281. The summed E-state index contributed by atoms with van der Waals surface area (Å²) in [5.41, 5.74) is 2.33. The molecule has 0 saturated heterocycles. The number of hydrogen-bond donors (Lipinski definition) is 2. The van der Waals surface area contributed by atoms with E-state index in [0.29, 0.717) is 12.8 Å². The smallest absolute Gasteiger partial charge is 0.358 e. The van der Waals surface area contributed by atoms with Gasteiger partial charge in [-0.05, 0) is 55.4 Å². The first-order valence-electron chi connectivity index (χ1n) is 10.8. The predicted molar refractivity (Wildman–Crippen MR) is 121 cm³/mol. The number of amides is 1. The third-order valence-electron chi connectivity index (χ3n) is 5.86. The molecule has 170 valence electrons. The second-order valence-corrected chi connectivity index (χ2v) is 8.23. The van der Waals surface area contributed by atoms with Gasteiger partial charge in [0, 0.05) is 13.1 Å². The van der Waals surface area contributed by atoms with Gasteiger partial charge in [-0.15, -0.1) is 0 Å². The van der Waals surface area contributed by atoms with Crippen LogP contribution in [0.5, 0.6) is 0 Å².